The van der Waals surface area contributed by atoms with Crippen molar-refractivity contribution in [3.05, 3.63) is 36.2 Å². The molecular weight excluding hydrogens is 208 g/mol. The molecule has 2 nitrogen and oxygen atoms in total. The van der Waals surface area contributed by atoms with Crippen LogP contribution in [0.4, 0.5) is 0 Å². The minimum absolute atomic E-state index is 0.751. The van der Waals surface area contributed by atoms with Crippen molar-refractivity contribution in [2.24, 2.45) is 11.8 Å². The molecule has 0 saturated heterocycles. The highest BCUT2D eigenvalue weighted by molar-refractivity contribution is 5.79. The molecule has 1 aromatic heterocycles. The van der Waals surface area contributed by atoms with E-state index in [0.29, 0.717) is 0 Å². The van der Waals surface area contributed by atoms with Gasteiger partial charge in [-0.2, -0.15) is 0 Å². The van der Waals surface area contributed by atoms with Gasteiger partial charge in [0, 0.05) is 0 Å². The average Bonchev–Trinajstić information content (AvgIpc) is 2.83. The number of rotatable bonds is 1. The van der Waals surface area contributed by atoms with Gasteiger partial charge in [0.15, 0.2) is 0 Å². The molecule has 0 atom stereocenters. The maximum absolute atomic E-state index is 4.73. The molecule has 0 spiro atoms. The van der Waals surface area contributed by atoms with E-state index >= 15 is 0 Å². The molecule has 3 aliphatic carbocycles. The van der Waals surface area contributed by atoms with Gasteiger partial charge < -0.3 is 4.98 Å². The first-order valence-corrected chi connectivity index (χ1v) is 6.57. The zero-order valence-corrected chi connectivity index (χ0v) is 9.82. The molecule has 1 saturated carbocycles. The molecule has 1 heterocycles. The van der Waals surface area contributed by atoms with E-state index in [9.17, 15) is 0 Å². The van der Waals surface area contributed by atoms with Crippen LogP contribution in [0.2, 0.25) is 0 Å². The maximum atomic E-state index is 4.73. The Balaban J connectivity index is 1.84. The van der Waals surface area contributed by atoms with Crippen LogP contribution in [0.5, 0.6) is 0 Å². The molecule has 2 heteroatoms. The Morgan fingerprint density at radius 1 is 1.06 bits per heavy atom. The van der Waals surface area contributed by atoms with Crippen LogP contribution in [0.25, 0.3) is 16.6 Å². The Hall–Kier alpha value is -1.57. The summed E-state index contributed by atoms with van der Waals surface area (Å²) in [5.41, 5.74) is 3.72. The summed E-state index contributed by atoms with van der Waals surface area (Å²) >= 11 is 0. The summed E-state index contributed by atoms with van der Waals surface area (Å²) in [6.45, 7) is 0. The third-order valence-corrected chi connectivity index (χ3v) is 4.29. The summed E-state index contributed by atoms with van der Waals surface area (Å²) in [7, 11) is 0. The molecule has 1 fully saturated rings. The highest BCUT2D eigenvalue weighted by Crippen LogP contribution is 2.44. The van der Waals surface area contributed by atoms with Crippen LogP contribution in [0.3, 0.4) is 0 Å². The lowest BCUT2D eigenvalue weighted by atomic mass is 9.71. The largest absolute Gasteiger partial charge is 0.338 e. The summed E-state index contributed by atoms with van der Waals surface area (Å²) < 4.78 is 0. The van der Waals surface area contributed by atoms with Crippen LogP contribution in [-0.4, -0.2) is 9.97 Å². The monoisotopic (exact) mass is 224 g/mol. The predicted molar refractivity (Wildman–Crippen MR) is 69.5 cm³/mol. The van der Waals surface area contributed by atoms with Gasteiger partial charge in [-0.3, -0.25) is 0 Å². The molecule has 1 N–H and O–H groups in total. The first kappa shape index (κ1) is 9.46. The second-order valence-corrected chi connectivity index (χ2v) is 5.34. The van der Waals surface area contributed by atoms with Crippen LogP contribution < -0.4 is 0 Å². The van der Waals surface area contributed by atoms with Crippen LogP contribution in [0.15, 0.2) is 30.3 Å². The standard InChI is InChI=1S/C15H16N2/c1-2-4-14-13(3-1)16-15(17-14)12-9-10-5-7-11(12)8-6-10/h1-4,9-11H,5-8H2,(H,16,17). The molecule has 5 rings (SSSR count). The fourth-order valence-corrected chi connectivity index (χ4v) is 3.35. The Bertz CT molecular complexity index is 553. The molecule has 2 bridgehead atoms. The average molecular weight is 224 g/mol. The number of allylic oxidation sites excluding steroid dienone is 2. The molecule has 0 aliphatic heterocycles. The number of nitrogens with one attached hydrogen (secondary N) is 1. The van der Waals surface area contributed by atoms with E-state index in [1.807, 2.05) is 6.07 Å². The smallest absolute Gasteiger partial charge is 0.134 e. The van der Waals surface area contributed by atoms with Crippen molar-refractivity contribution in [1.82, 2.24) is 9.97 Å². The van der Waals surface area contributed by atoms with Gasteiger partial charge in [0.05, 0.1) is 11.0 Å². The van der Waals surface area contributed by atoms with Crippen molar-refractivity contribution in [1.29, 1.82) is 0 Å². The quantitative estimate of drug-likeness (QED) is 0.784. The lowest BCUT2D eigenvalue weighted by Gasteiger charge is -2.34. The molecule has 0 amide bonds. The zero-order valence-electron chi connectivity index (χ0n) is 9.82. The van der Waals surface area contributed by atoms with Crippen molar-refractivity contribution >= 4 is 16.6 Å². The number of aromatic nitrogens is 2. The van der Waals surface area contributed by atoms with Crippen molar-refractivity contribution in [3.8, 4) is 0 Å². The van der Waals surface area contributed by atoms with Crippen molar-refractivity contribution in [2.75, 3.05) is 0 Å². The third-order valence-electron chi connectivity index (χ3n) is 4.29. The van der Waals surface area contributed by atoms with Crippen molar-refractivity contribution in [3.63, 3.8) is 0 Å². The minimum atomic E-state index is 0.751. The fraction of sp³-hybridized carbons (Fsp3) is 0.400. The number of fused-ring (bicyclic) bond motifs is 3. The van der Waals surface area contributed by atoms with Gasteiger partial charge in [-0.25, -0.2) is 4.98 Å². The number of benzene rings is 1. The summed E-state index contributed by atoms with van der Waals surface area (Å²) in [4.78, 5) is 8.20. The Kier molecular flexibility index (Phi) is 1.92. The third kappa shape index (κ3) is 1.43. The highest BCUT2D eigenvalue weighted by Gasteiger charge is 2.30. The van der Waals surface area contributed by atoms with E-state index in [1.54, 1.807) is 0 Å². The van der Waals surface area contributed by atoms with Crippen LogP contribution >= 0.6 is 0 Å². The Morgan fingerprint density at radius 3 is 2.59 bits per heavy atom. The number of hydrogen-bond donors (Lipinski definition) is 1. The topological polar surface area (TPSA) is 28.7 Å². The van der Waals surface area contributed by atoms with E-state index < -0.39 is 0 Å². The molecular formula is C15H16N2. The SMILES string of the molecule is C1=C(c2nc3ccccc3[nH]2)C2CCC1CC2. The normalized spacial score (nSPS) is 27.4. The van der Waals surface area contributed by atoms with Gasteiger partial charge in [-0.1, -0.05) is 18.2 Å². The number of hydrogen-bond acceptors (Lipinski definition) is 1. The lowest BCUT2D eigenvalue weighted by Crippen LogP contribution is -2.21. The van der Waals surface area contributed by atoms with E-state index in [4.69, 9.17) is 4.98 Å². The van der Waals surface area contributed by atoms with E-state index in [1.165, 1.54) is 31.3 Å². The van der Waals surface area contributed by atoms with Gasteiger partial charge in [0.25, 0.3) is 0 Å². The summed E-state index contributed by atoms with van der Waals surface area (Å²) in [5.74, 6) is 2.67. The van der Waals surface area contributed by atoms with Gasteiger partial charge in [-0.05, 0) is 55.2 Å². The minimum Gasteiger partial charge on any atom is -0.338 e. The fourth-order valence-electron chi connectivity index (χ4n) is 3.35. The van der Waals surface area contributed by atoms with Crippen LogP contribution in [0.1, 0.15) is 31.5 Å². The van der Waals surface area contributed by atoms with Crippen molar-refractivity contribution in [2.45, 2.75) is 25.7 Å². The predicted octanol–water partition coefficient (Wildman–Crippen LogP) is 3.77. The second-order valence-electron chi connectivity index (χ2n) is 5.34. The number of para-hydroxylation sites is 2. The number of nitrogens with zero attached hydrogens (tertiary/aromatic N) is 1. The van der Waals surface area contributed by atoms with Gasteiger partial charge >= 0.3 is 0 Å². The summed E-state index contributed by atoms with van der Waals surface area (Å²) in [5, 5.41) is 0. The van der Waals surface area contributed by atoms with E-state index in [-0.39, 0.29) is 0 Å². The Labute approximate surface area is 101 Å². The number of aromatic amines is 1. The molecule has 3 aliphatic rings. The molecule has 0 unspecified atom stereocenters. The molecule has 0 radical (unpaired) electrons. The molecule has 2 aromatic rings. The summed E-state index contributed by atoms with van der Waals surface area (Å²) in [6.07, 6.45) is 7.94. The van der Waals surface area contributed by atoms with E-state index in [2.05, 4.69) is 29.3 Å². The van der Waals surface area contributed by atoms with Gasteiger partial charge in [0.1, 0.15) is 5.82 Å². The number of H-pyrrole nitrogens is 1. The first-order chi connectivity index (χ1) is 8.40. The lowest BCUT2D eigenvalue weighted by molar-refractivity contribution is 0.339. The van der Waals surface area contributed by atoms with E-state index in [0.717, 1.165) is 28.7 Å². The zero-order chi connectivity index (χ0) is 11.2. The number of imidazole rings is 1. The molecule has 1 aromatic carbocycles. The second kappa shape index (κ2) is 3.46. The van der Waals surface area contributed by atoms with Crippen LogP contribution in [0, 0.1) is 11.8 Å². The Morgan fingerprint density at radius 2 is 1.88 bits per heavy atom. The first-order valence-electron chi connectivity index (χ1n) is 6.57. The van der Waals surface area contributed by atoms with Crippen molar-refractivity contribution < 1.29 is 0 Å². The van der Waals surface area contributed by atoms with Crippen LogP contribution in [-0.2, 0) is 0 Å². The highest BCUT2D eigenvalue weighted by atomic mass is 14.9. The molecule has 17 heavy (non-hydrogen) atoms. The van der Waals surface area contributed by atoms with Gasteiger partial charge in [0.2, 0.25) is 0 Å². The molecule has 86 valence electrons. The summed E-state index contributed by atoms with van der Waals surface area (Å²) in [6, 6.07) is 8.30. The van der Waals surface area contributed by atoms with Gasteiger partial charge in [-0.15, -0.1) is 0 Å². The maximum Gasteiger partial charge on any atom is 0.134 e.